The minimum Gasteiger partial charge on any atom is -0.508 e. The molecular weight excluding hydrogens is 1660 g/mol. The zero-order valence-corrected chi connectivity index (χ0v) is 70.4. The van der Waals surface area contributed by atoms with Crippen LogP contribution in [0, 0.1) is 17.2 Å². The summed E-state index contributed by atoms with van der Waals surface area (Å²) in [4.78, 5) is 245. The lowest BCUT2D eigenvalue weighted by Gasteiger charge is -2.31. The molecule has 1 fully saturated rings. The van der Waals surface area contributed by atoms with Gasteiger partial charge in [-0.1, -0.05) is 58.0 Å². The van der Waals surface area contributed by atoms with Crippen LogP contribution in [-0.2, 0) is 101 Å². The number of thiol groups is 1. The first kappa shape index (κ1) is 103. The Bertz CT molecular complexity index is 4370. The van der Waals surface area contributed by atoms with Gasteiger partial charge >= 0.3 is 17.9 Å². The molecule has 688 valence electrons. The second-order valence-electron chi connectivity index (χ2n) is 30.6. The van der Waals surface area contributed by atoms with Gasteiger partial charge < -0.3 is 142 Å². The number of rotatable bonds is 55. The van der Waals surface area contributed by atoms with Gasteiger partial charge in [0.15, 0.2) is 5.96 Å². The second-order valence-corrected chi connectivity index (χ2v) is 31.0. The van der Waals surface area contributed by atoms with Crippen molar-refractivity contribution in [3.63, 3.8) is 0 Å². The fraction of sp³-hybridized carbons (Fsp3) is 0.551. The van der Waals surface area contributed by atoms with Gasteiger partial charge in [0, 0.05) is 67.8 Å². The van der Waals surface area contributed by atoms with Crippen LogP contribution in [-0.4, -0.2) is 299 Å². The molecule has 4 aromatic rings. The number of nitrogens with two attached hydrogens (primary N) is 3. The minimum atomic E-state index is -2.10. The van der Waals surface area contributed by atoms with Gasteiger partial charge in [0.05, 0.1) is 44.8 Å². The SMILES string of the molecule is CC(C)C[C@H](NC(=O)[C@H](CO)NC(=O)[C@H](CO)NC(=O)[C@@H](N)CO)C(=O)NCC(=O)N[C@@H](CC(C)C)C(=O)N1CCC[C@H]1C(=O)N[C@@H](CCCCN)C(=O)N[C@@H](CS)C(=O)N[C@@H](Cc1c[nH]c2ccccc12)C(=O)N[C@@H](CC(=O)O)C(=O)N[C@@H](Cc1ccc(O)cc1)C(=O)N[C@@H](CCCNC(=N)N)C(=O)N[C@@H](Cc1c[nH]cn1)C(=O)N[C@@H](CCC(=O)O)C(=O)O. The maximum absolute atomic E-state index is 15.0. The number of carbonyl (C=O) groups is 17. The van der Waals surface area contributed by atoms with Crippen LogP contribution in [0.5, 0.6) is 5.75 Å². The van der Waals surface area contributed by atoms with Crippen molar-refractivity contribution in [1.82, 2.24) is 94.3 Å². The number of aliphatic hydroxyl groups excluding tert-OH is 3. The number of benzene rings is 2. The van der Waals surface area contributed by atoms with E-state index in [-0.39, 0.29) is 99.8 Å². The zero-order chi connectivity index (χ0) is 92.7. The van der Waals surface area contributed by atoms with E-state index in [0.29, 0.717) is 22.9 Å². The van der Waals surface area contributed by atoms with E-state index in [1.807, 2.05) is 0 Å². The summed E-state index contributed by atoms with van der Waals surface area (Å²) in [6.45, 7) is 3.48. The predicted octanol–water partition coefficient (Wildman–Crippen LogP) is -7.31. The highest BCUT2D eigenvalue weighted by atomic mass is 32.1. The zero-order valence-electron chi connectivity index (χ0n) is 69.5. The Hall–Kier alpha value is -12.6. The number of aliphatic carboxylic acids is 3. The van der Waals surface area contributed by atoms with Crippen molar-refractivity contribution >= 4 is 130 Å². The number of H-pyrrole nitrogens is 2. The number of aliphatic hydroxyl groups is 3. The fourth-order valence-electron chi connectivity index (χ4n) is 13.2. The van der Waals surface area contributed by atoms with Crippen LogP contribution in [0.3, 0.4) is 0 Å². The topological polar surface area (TPSA) is 750 Å². The number of imidazole rings is 1. The van der Waals surface area contributed by atoms with Crippen molar-refractivity contribution in [2.75, 3.05) is 51.8 Å². The van der Waals surface area contributed by atoms with E-state index in [9.17, 15) is 112 Å². The monoisotopic (exact) mass is 1780 g/mol. The summed E-state index contributed by atoms with van der Waals surface area (Å²) in [6.07, 6.45) is 0.969. The number of carboxylic acids is 3. The summed E-state index contributed by atoms with van der Waals surface area (Å²) >= 11 is 4.38. The van der Waals surface area contributed by atoms with Crippen molar-refractivity contribution < 1.29 is 117 Å². The maximum atomic E-state index is 15.0. The van der Waals surface area contributed by atoms with Gasteiger partial charge in [0.1, 0.15) is 90.3 Å². The summed E-state index contributed by atoms with van der Waals surface area (Å²) < 4.78 is 0. The van der Waals surface area contributed by atoms with E-state index in [4.69, 9.17) is 22.6 Å². The van der Waals surface area contributed by atoms with Crippen LogP contribution < -0.4 is 91.6 Å². The van der Waals surface area contributed by atoms with E-state index in [2.05, 4.69) is 102 Å². The third-order valence-electron chi connectivity index (χ3n) is 19.7. The molecule has 0 bridgehead atoms. The van der Waals surface area contributed by atoms with Crippen molar-refractivity contribution in [2.45, 2.75) is 209 Å². The molecule has 0 aliphatic carbocycles. The molecule has 47 heteroatoms. The van der Waals surface area contributed by atoms with Crippen LogP contribution in [0.15, 0.2) is 67.3 Å². The van der Waals surface area contributed by atoms with Gasteiger partial charge in [0.2, 0.25) is 82.7 Å². The van der Waals surface area contributed by atoms with Crippen LogP contribution in [0.4, 0.5) is 0 Å². The number of phenols is 1. The molecule has 5 rings (SSSR count). The van der Waals surface area contributed by atoms with Gasteiger partial charge in [-0.05, 0) is 112 Å². The van der Waals surface area contributed by atoms with E-state index in [0.717, 1.165) is 0 Å². The number of fused-ring (bicyclic) bond motifs is 1. The van der Waals surface area contributed by atoms with Crippen LogP contribution in [0.1, 0.15) is 122 Å². The van der Waals surface area contributed by atoms with Gasteiger partial charge in [0.25, 0.3) is 0 Å². The molecule has 14 amide bonds. The number of likely N-dealkylation sites (tertiary alicyclic amines) is 1. The summed E-state index contributed by atoms with van der Waals surface area (Å²) in [6, 6.07) is -10.6. The molecule has 2 aromatic carbocycles. The van der Waals surface area contributed by atoms with Gasteiger partial charge in [-0.2, -0.15) is 12.6 Å². The Morgan fingerprint density at radius 1 is 0.544 bits per heavy atom. The number of phenolic OH excluding ortho intramolecular Hbond substituents is 1. The summed E-state index contributed by atoms with van der Waals surface area (Å²) in [5.74, 6) is -20.7. The normalized spacial score (nSPS) is 15.6. The number of guanidine groups is 1. The lowest BCUT2D eigenvalue weighted by molar-refractivity contribution is -0.144. The smallest absolute Gasteiger partial charge is 0.326 e. The Kier molecular flexibility index (Phi) is 42.9. The van der Waals surface area contributed by atoms with E-state index in [1.54, 1.807) is 52.0 Å². The molecule has 30 N–H and O–H groups in total. The van der Waals surface area contributed by atoms with Crippen molar-refractivity contribution in [1.29, 1.82) is 5.41 Å². The van der Waals surface area contributed by atoms with Crippen LogP contribution >= 0.6 is 12.6 Å². The molecular formula is C78H116N22O24S. The number of amides is 14. The van der Waals surface area contributed by atoms with Crippen LogP contribution in [0.25, 0.3) is 10.9 Å². The maximum Gasteiger partial charge on any atom is 0.326 e. The first-order chi connectivity index (χ1) is 59.3. The predicted molar refractivity (Wildman–Crippen MR) is 448 cm³/mol. The summed E-state index contributed by atoms with van der Waals surface area (Å²) in [5, 5.41) is 111. The number of carboxylic acid groups (broad SMARTS) is 3. The Balaban J connectivity index is 1.37. The summed E-state index contributed by atoms with van der Waals surface area (Å²) in [5.41, 5.74) is 18.2. The number of hydrogen-bond donors (Lipinski definition) is 28. The number of para-hydroxylation sites is 1. The van der Waals surface area contributed by atoms with E-state index >= 15 is 4.79 Å². The standard InChI is InChI=1S/C78H116N22O24S/c1-39(2)25-51(92-72(118)58(36-103)98-73(119)57(35-102)97-64(110)46(80)34-101)65(111)86-33-61(105)88-56(26-40(3)4)76(122)100-24-10-15-60(100)75(121)90-48(13-7-8-22-79)67(113)99-59(37-125)74(120)94-53(28-42-31-85-47-12-6-5-11-45(42)47)69(115)96-55(30-63(108)109)71(117)93-52(27-41-16-18-44(104)19-17-41)68(114)89-49(14-9-23-84-78(81)82)66(112)95-54(29-43-32-83-38-87-43)70(116)91-50(77(123)124)20-21-62(106)107/h5-6,11-12,16-19,31-32,38-40,46,48-60,85,101-104,125H,7-10,13-15,20-30,33-37,79-80H2,1-4H3,(H,83,87)(H,86,111)(H,88,105)(H,89,114)(H,90,121)(H,91,116)(H,92,118)(H,93,117)(H,94,120)(H,95,112)(H,96,115)(H,97,110)(H,98,119)(H,99,113)(H,106,107)(H,108,109)(H,123,124)(H4,81,82,84)/t46-,48-,49-,50-,51-,52-,53-,54-,55-,56-,57-,58-,59-,60-/m0/s1. The Labute approximate surface area is 723 Å². The van der Waals surface area contributed by atoms with Gasteiger partial charge in [-0.25, -0.2) is 9.78 Å². The average molecular weight is 1780 g/mol. The molecule has 14 atom stereocenters. The lowest BCUT2D eigenvalue weighted by atomic mass is 10.0. The molecule has 0 radical (unpaired) electrons. The number of unbranched alkanes of at least 4 members (excludes halogenated alkanes) is 1. The fourth-order valence-corrected chi connectivity index (χ4v) is 13.5. The third kappa shape index (κ3) is 34.6. The third-order valence-corrected chi connectivity index (χ3v) is 20.1. The number of nitrogens with zero attached hydrogens (tertiary/aromatic N) is 2. The number of nitrogens with one attached hydrogen (secondary N) is 17. The quantitative estimate of drug-likeness (QED) is 0.00845. The molecule has 2 aromatic heterocycles. The van der Waals surface area contributed by atoms with E-state index < -0.39 is 262 Å². The van der Waals surface area contributed by atoms with Crippen molar-refractivity contribution in [2.24, 2.45) is 29.0 Å². The average Bonchev–Trinajstić information content (AvgIpc) is 1.69. The molecule has 1 saturated heterocycles. The number of aromatic nitrogens is 3. The number of carbonyl (C=O) groups excluding carboxylic acids is 14. The first-order valence-corrected chi connectivity index (χ1v) is 41.1. The molecule has 46 nitrogen and oxygen atoms in total. The van der Waals surface area contributed by atoms with Gasteiger partial charge in [-0.15, -0.1) is 0 Å². The first-order valence-electron chi connectivity index (χ1n) is 40.5. The molecule has 3 heterocycles. The molecule has 0 spiro atoms. The molecule has 1 aliphatic rings. The second kappa shape index (κ2) is 52.1. The van der Waals surface area contributed by atoms with Crippen LogP contribution in [0.2, 0.25) is 0 Å². The summed E-state index contributed by atoms with van der Waals surface area (Å²) in [7, 11) is 0. The van der Waals surface area contributed by atoms with E-state index in [1.165, 1.54) is 47.9 Å². The highest BCUT2D eigenvalue weighted by Gasteiger charge is 2.42. The highest BCUT2D eigenvalue weighted by Crippen LogP contribution is 2.24. The van der Waals surface area contributed by atoms with Crippen molar-refractivity contribution in [3.8, 4) is 5.75 Å². The Morgan fingerprint density at radius 3 is 1.62 bits per heavy atom. The molecule has 1 aliphatic heterocycles. The van der Waals surface area contributed by atoms with Gasteiger partial charge in [-0.3, -0.25) is 82.1 Å². The lowest BCUT2D eigenvalue weighted by Crippen LogP contribution is -2.61. The number of hydrogen-bond acceptors (Lipinski definition) is 26. The number of aromatic amines is 2. The largest absolute Gasteiger partial charge is 0.508 e. The minimum absolute atomic E-state index is 0.00699. The highest BCUT2D eigenvalue weighted by molar-refractivity contribution is 7.80. The molecule has 125 heavy (non-hydrogen) atoms. The molecule has 0 saturated carbocycles. The number of aromatic hydroxyl groups is 1. The van der Waals surface area contributed by atoms with Crippen molar-refractivity contribution in [3.05, 3.63) is 84.1 Å². The Morgan fingerprint density at radius 2 is 1.06 bits per heavy atom. The molecule has 0 unspecified atom stereocenters.